The van der Waals surface area contributed by atoms with Crippen LogP contribution in [0, 0.1) is 13.8 Å². The van der Waals surface area contributed by atoms with E-state index in [1.54, 1.807) is 0 Å². The van der Waals surface area contributed by atoms with Crippen molar-refractivity contribution < 1.29 is 9.53 Å². The van der Waals surface area contributed by atoms with Gasteiger partial charge in [0.05, 0.1) is 11.7 Å². The Labute approximate surface area is 197 Å². The van der Waals surface area contributed by atoms with Gasteiger partial charge < -0.3 is 31.7 Å². The molecule has 0 unspecified atom stereocenters. The SMILES string of the molecule is CN[C@H]1CN(c2ccc3c(c2)OC[C@H](NC(=O)c2sc4nc(C)cc(C)c4c2N)C3)C[C@@H]1N. The molecule has 0 saturated carbocycles. The number of anilines is 2. The molecule has 0 radical (unpaired) electrons. The van der Waals surface area contributed by atoms with Crippen molar-refractivity contribution in [3.8, 4) is 5.75 Å². The van der Waals surface area contributed by atoms with Gasteiger partial charge in [0.15, 0.2) is 0 Å². The van der Waals surface area contributed by atoms with Gasteiger partial charge in [-0.1, -0.05) is 6.07 Å². The van der Waals surface area contributed by atoms with Crippen LogP contribution in [0.5, 0.6) is 5.75 Å². The van der Waals surface area contributed by atoms with E-state index in [2.05, 4.69) is 38.7 Å². The van der Waals surface area contributed by atoms with E-state index in [1.807, 2.05) is 27.0 Å². The normalized spacial score (nSPS) is 22.3. The number of rotatable bonds is 4. The second kappa shape index (κ2) is 8.48. The topological polar surface area (TPSA) is 119 Å². The maximum atomic E-state index is 13.0. The number of nitrogens with zero attached hydrogens (tertiary/aromatic N) is 2. The number of carbonyl (C=O) groups excluding carboxylic acids is 1. The molecule has 1 aromatic carbocycles. The molecule has 6 N–H and O–H groups in total. The third kappa shape index (κ3) is 4.01. The predicted molar refractivity (Wildman–Crippen MR) is 133 cm³/mol. The number of benzene rings is 1. The third-order valence-corrected chi connectivity index (χ3v) is 7.72. The Morgan fingerprint density at radius 3 is 2.85 bits per heavy atom. The molecule has 5 rings (SSSR count). The van der Waals surface area contributed by atoms with Gasteiger partial charge >= 0.3 is 0 Å². The molecule has 2 aromatic heterocycles. The first-order valence-electron chi connectivity index (χ1n) is 11.2. The van der Waals surface area contributed by atoms with Crippen molar-refractivity contribution in [2.75, 3.05) is 37.4 Å². The first-order chi connectivity index (χ1) is 15.8. The fraction of sp³-hybridized carbons (Fsp3) is 0.417. The number of nitrogen functional groups attached to an aromatic ring is 1. The number of pyridine rings is 1. The molecule has 0 spiro atoms. The average Bonchev–Trinajstić information content (AvgIpc) is 3.32. The number of ether oxygens (including phenoxy) is 1. The summed E-state index contributed by atoms with van der Waals surface area (Å²) in [4.78, 5) is 21.2. The number of likely N-dealkylation sites (N-methyl/N-ethyl adjacent to an activating group) is 1. The van der Waals surface area contributed by atoms with E-state index < -0.39 is 0 Å². The number of hydrogen-bond donors (Lipinski definition) is 4. The molecule has 2 aliphatic heterocycles. The summed E-state index contributed by atoms with van der Waals surface area (Å²) in [5.41, 5.74) is 17.2. The molecule has 2 aliphatic rings. The highest BCUT2D eigenvalue weighted by Gasteiger charge is 2.30. The van der Waals surface area contributed by atoms with Crippen LogP contribution in [-0.2, 0) is 6.42 Å². The highest BCUT2D eigenvalue weighted by molar-refractivity contribution is 7.21. The highest BCUT2D eigenvalue weighted by Crippen LogP contribution is 2.35. The molecule has 33 heavy (non-hydrogen) atoms. The zero-order valence-corrected chi connectivity index (χ0v) is 20.0. The van der Waals surface area contributed by atoms with Gasteiger partial charge in [-0.2, -0.15) is 0 Å². The van der Waals surface area contributed by atoms with Crippen LogP contribution >= 0.6 is 11.3 Å². The van der Waals surface area contributed by atoms with E-state index in [9.17, 15) is 4.79 Å². The van der Waals surface area contributed by atoms with Gasteiger partial charge in [-0.15, -0.1) is 11.3 Å². The number of carbonyl (C=O) groups is 1. The number of aromatic nitrogens is 1. The lowest BCUT2D eigenvalue weighted by molar-refractivity contribution is 0.0920. The highest BCUT2D eigenvalue weighted by atomic mass is 32.1. The Morgan fingerprint density at radius 2 is 2.09 bits per heavy atom. The van der Waals surface area contributed by atoms with Crippen LogP contribution in [0.15, 0.2) is 24.3 Å². The van der Waals surface area contributed by atoms with E-state index in [-0.39, 0.29) is 24.0 Å². The standard InChI is InChI=1S/C24H30N6O2S/c1-12-6-13(2)28-24-20(12)21(26)22(33-24)23(31)29-15-7-14-4-5-16(8-19(14)32-11-15)30-9-17(25)18(10-30)27-3/h4-6,8,15,17-18,27H,7,9-11,25-26H2,1-3H3,(H,29,31)/t15-,17+,18+/m1/s1. The Morgan fingerprint density at radius 1 is 1.27 bits per heavy atom. The van der Waals surface area contributed by atoms with Gasteiger partial charge in [0.25, 0.3) is 5.91 Å². The van der Waals surface area contributed by atoms with Crippen LogP contribution in [0.2, 0.25) is 0 Å². The van der Waals surface area contributed by atoms with Gasteiger partial charge in [0.1, 0.15) is 22.1 Å². The number of nitrogens with two attached hydrogens (primary N) is 2. The Bertz CT molecular complexity index is 1230. The van der Waals surface area contributed by atoms with E-state index in [4.69, 9.17) is 16.2 Å². The van der Waals surface area contributed by atoms with Crippen LogP contribution in [0.4, 0.5) is 11.4 Å². The molecule has 4 heterocycles. The number of amides is 1. The van der Waals surface area contributed by atoms with Crippen molar-refractivity contribution in [2.45, 2.75) is 38.4 Å². The largest absolute Gasteiger partial charge is 0.491 e. The summed E-state index contributed by atoms with van der Waals surface area (Å²) in [6, 6.07) is 8.54. The van der Waals surface area contributed by atoms with Crippen molar-refractivity contribution >= 4 is 38.8 Å². The molecule has 3 aromatic rings. The maximum Gasteiger partial charge on any atom is 0.263 e. The second-order valence-electron chi connectivity index (χ2n) is 9.05. The fourth-order valence-electron chi connectivity index (χ4n) is 4.88. The molecule has 8 nitrogen and oxygen atoms in total. The van der Waals surface area contributed by atoms with Crippen molar-refractivity contribution in [3.05, 3.63) is 46.0 Å². The molecule has 1 saturated heterocycles. The average molecular weight is 467 g/mol. The lowest BCUT2D eigenvalue weighted by Crippen LogP contribution is -2.42. The lowest BCUT2D eigenvalue weighted by Gasteiger charge is -2.28. The molecule has 1 amide bonds. The molecule has 9 heteroatoms. The second-order valence-corrected chi connectivity index (χ2v) is 10.0. The first-order valence-corrected chi connectivity index (χ1v) is 12.1. The van der Waals surface area contributed by atoms with E-state index in [0.29, 0.717) is 23.6 Å². The zero-order valence-electron chi connectivity index (χ0n) is 19.1. The minimum Gasteiger partial charge on any atom is -0.491 e. The summed E-state index contributed by atoms with van der Waals surface area (Å²) in [7, 11) is 1.95. The van der Waals surface area contributed by atoms with Crippen molar-refractivity contribution in [2.24, 2.45) is 5.73 Å². The number of aryl methyl sites for hydroxylation is 2. The number of hydrogen-bond acceptors (Lipinski definition) is 8. The predicted octanol–water partition coefficient (Wildman–Crippen LogP) is 1.96. The molecule has 0 bridgehead atoms. The summed E-state index contributed by atoms with van der Waals surface area (Å²) >= 11 is 1.34. The van der Waals surface area contributed by atoms with Crippen LogP contribution in [-0.4, -0.2) is 55.8 Å². The number of thiophene rings is 1. The molecule has 174 valence electrons. The number of nitrogens with one attached hydrogen (secondary N) is 2. The summed E-state index contributed by atoms with van der Waals surface area (Å²) < 4.78 is 6.05. The summed E-state index contributed by atoms with van der Waals surface area (Å²) in [5.74, 6) is 0.696. The monoisotopic (exact) mass is 466 g/mol. The minimum absolute atomic E-state index is 0.107. The first kappa shape index (κ1) is 21.9. The van der Waals surface area contributed by atoms with Crippen LogP contribution in [0.1, 0.15) is 26.5 Å². The Kier molecular flexibility index (Phi) is 5.64. The Hall–Kier alpha value is -2.88. The van der Waals surface area contributed by atoms with Crippen molar-refractivity contribution in [1.29, 1.82) is 0 Å². The Balaban J connectivity index is 1.29. The quantitative estimate of drug-likeness (QED) is 0.464. The molecular weight excluding hydrogens is 436 g/mol. The van der Waals surface area contributed by atoms with Crippen LogP contribution in [0.3, 0.4) is 0 Å². The van der Waals surface area contributed by atoms with Crippen molar-refractivity contribution in [3.63, 3.8) is 0 Å². The lowest BCUT2D eigenvalue weighted by atomic mass is 10.0. The fourth-order valence-corrected chi connectivity index (χ4v) is 6.00. The van der Waals surface area contributed by atoms with E-state index >= 15 is 0 Å². The van der Waals surface area contributed by atoms with Gasteiger partial charge in [-0.25, -0.2) is 4.98 Å². The van der Waals surface area contributed by atoms with E-state index in [0.717, 1.165) is 51.6 Å². The molecular formula is C24H30N6O2S. The summed E-state index contributed by atoms with van der Waals surface area (Å²) in [6.07, 6.45) is 0.710. The van der Waals surface area contributed by atoms with Gasteiger partial charge in [0, 0.05) is 48.0 Å². The van der Waals surface area contributed by atoms with Crippen LogP contribution < -0.4 is 31.7 Å². The van der Waals surface area contributed by atoms with Gasteiger partial charge in [-0.3, -0.25) is 4.79 Å². The molecule has 0 aliphatic carbocycles. The van der Waals surface area contributed by atoms with Gasteiger partial charge in [-0.05, 0) is 50.6 Å². The summed E-state index contributed by atoms with van der Waals surface area (Å²) in [6.45, 7) is 6.05. The summed E-state index contributed by atoms with van der Waals surface area (Å²) in [5, 5.41) is 7.26. The molecule has 1 fully saturated rings. The zero-order chi connectivity index (χ0) is 23.3. The third-order valence-electron chi connectivity index (χ3n) is 6.62. The van der Waals surface area contributed by atoms with Crippen molar-refractivity contribution in [1.82, 2.24) is 15.6 Å². The minimum atomic E-state index is -0.176. The molecule has 3 atom stereocenters. The smallest absolute Gasteiger partial charge is 0.263 e. The number of fused-ring (bicyclic) bond motifs is 2. The maximum absolute atomic E-state index is 13.0. The van der Waals surface area contributed by atoms with E-state index in [1.165, 1.54) is 11.3 Å². The van der Waals surface area contributed by atoms with Crippen LogP contribution in [0.25, 0.3) is 10.2 Å². The van der Waals surface area contributed by atoms with Gasteiger partial charge in [0.2, 0.25) is 0 Å².